The predicted octanol–water partition coefficient (Wildman–Crippen LogP) is 3.04. The third kappa shape index (κ3) is 10.8. The number of carbonyl (C=O) groups is 2. The number of hydrogen-bond donors (Lipinski definition) is 3. The van der Waals surface area contributed by atoms with Crippen molar-refractivity contribution in [1.29, 1.82) is 0 Å². The number of nitrogens with one attached hydrogen (secondary N) is 1. The van der Waals surface area contributed by atoms with E-state index in [2.05, 4.69) is 31.0 Å². The molecule has 0 aromatic heterocycles. The van der Waals surface area contributed by atoms with Crippen LogP contribution in [0.3, 0.4) is 0 Å². The van der Waals surface area contributed by atoms with Crippen LogP contribution in [0.1, 0.15) is 74.1 Å². The lowest BCUT2D eigenvalue weighted by atomic mass is 10.1. The number of amides is 2. The van der Waals surface area contributed by atoms with E-state index in [1.54, 1.807) is 13.8 Å². The molecule has 0 aromatic rings. The minimum absolute atomic E-state index is 0.0631. The molecule has 0 bridgehead atoms. The van der Waals surface area contributed by atoms with Crippen LogP contribution in [-0.4, -0.2) is 36.3 Å². The molecule has 0 aromatic carbocycles. The molecule has 2 amide bonds. The Morgan fingerprint density at radius 1 is 0.846 bits per heavy atom. The van der Waals surface area contributed by atoms with Crippen molar-refractivity contribution in [2.24, 2.45) is 11.5 Å². The van der Waals surface area contributed by atoms with E-state index in [9.17, 15) is 9.59 Å². The lowest BCUT2D eigenvalue weighted by Gasteiger charge is -2.27. The highest BCUT2D eigenvalue weighted by atomic mass is 16.2. The van der Waals surface area contributed by atoms with Crippen LogP contribution in [0, 0.1) is 0 Å². The SMILES string of the molecule is CCCN(CCC)/C(CC)=C(\C)C(N)=O.CCCNC(=O)/C(C)=C(/C)N. The number of carbonyl (C=O) groups excluding carboxylic acids is 2. The van der Waals surface area contributed by atoms with Crippen molar-refractivity contribution >= 4 is 11.8 Å². The number of allylic oxidation sites excluding steroid dienone is 2. The van der Waals surface area contributed by atoms with Gasteiger partial charge in [0, 0.05) is 42.2 Å². The van der Waals surface area contributed by atoms with E-state index in [1.807, 2.05) is 13.8 Å². The summed E-state index contributed by atoms with van der Waals surface area (Å²) in [6.45, 7) is 16.4. The second-order valence-corrected chi connectivity index (χ2v) is 6.34. The third-order valence-electron chi connectivity index (χ3n) is 3.97. The maximum Gasteiger partial charge on any atom is 0.248 e. The minimum atomic E-state index is -0.302. The number of hydrogen-bond acceptors (Lipinski definition) is 4. The van der Waals surface area contributed by atoms with Crippen LogP contribution in [0.25, 0.3) is 0 Å². The molecule has 0 radical (unpaired) electrons. The van der Waals surface area contributed by atoms with Gasteiger partial charge in [-0.1, -0.05) is 27.7 Å². The number of rotatable bonds is 10. The highest BCUT2D eigenvalue weighted by Crippen LogP contribution is 2.15. The summed E-state index contributed by atoms with van der Waals surface area (Å²) in [5.41, 5.74) is 13.7. The molecule has 0 unspecified atom stereocenters. The van der Waals surface area contributed by atoms with Gasteiger partial charge in [-0.05, 0) is 46.5 Å². The summed E-state index contributed by atoms with van der Waals surface area (Å²) >= 11 is 0. The molecular formula is C20H40N4O2. The Balaban J connectivity index is 0. The van der Waals surface area contributed by atoms with Crippen molar-refractivity contribution in [3.8, 4) is 0 Å². The van der Waals surface area contributed by atoms with Crippen LogP contribution in [0.2, 0.25) is 0 Å². The first kappa shape index (κ1) is 26.3. The molecule has 0 saturated heterocycles. The van der Waals surface area contributed by atoms with Crippen molar-refractivity contribution in [3.63, 3.8) is 0 Å². The quantitative estimate of drug-likeness (QED) is 0.516. The topological polar surface area (TPSA) is 101 Å². The number of primary amides is 1. The highest BCUT2D eigenvalue weighted by Gasteiger charge is 2.12. The van der Waals surface area contributed by atoms with Crippen LogP contribution >= 0.6 is 0 Å². The molecule has 0 aliphatic rings. The average Bonchev–Trinajstić information content (AvgIpc) is 2.60. The van der Waals surface area contributed by atoms with Crippen LogP contribution in [0.15, 0.2) is 22.5 Å². The molecule has 0 heterocycles. The third-order valence-corrected chi connectivity index (χ3v) is 3.97. The molecule has 152 valence electrons. The van der Waals surface area contributed by atoms with E-state index < -0.39 is 0 Å². The second-order valence-electron chi connectivity index (χ2n) is 6.34. The molecule has 0 fully saturated rings. The van der Waals surface area contributed by atoms with Gasteiger partial charge in [0.2, 0.25) is 11.8 Å². The zero-order valence-electron chi connectivity index (χ0n) is 17.9. The molecule has 6 heteroatoms. The number of nitrogens with zero attached hydrogens (tertiary/aromatic N) is 1. The zero-order chi connectivity index (χ0) is 20.7. The predicted molar refractivity (Wildman–Crippen MR) is 110 cm³/mol. The Hall–Kier alpha value is -1.98. The largest absolute Gasteiger partial charge is 0.402 e. The molecule has 5 N–H and O–H groups in total. The molecule has 0 spiro atoms. The van der Waals surface area contributed by atoms with Crippen LogP contribution in [0.5, 0.6) is 0 Å². The van der Waals surface area contributed by atoms with E-state index in [-0.39, 0.29) is 11.8 Å². The fraction of sp³-hybridized carbons (Fsp3) is 0.700. The van der Waals surface area contributed by atoms with Crippen molar-refractivity contribution in [1.82, 2.24) is 10.2 Å². The van der Waals surface area contributed by atoms with E-state index in [1.165, 1.54) is 0 Å². The van der Waals surface area contributed by atoms with Gasteiger partial charge in [0.1, 0.15) is 0 Å². The Bertz CT molecular complexity index is 486. The zero-order valence-corrected chi connectivity index (χ0v) is 17.9. The van der Waals surface area contributed by atoms with Gasteiger partial charge in [-0.2, -0.15) is 0 Å². The summed E-state index contributed by atoms with van der Waals surface area (Å²) in [5.74, 6) is -0.365. The van der Waals surface area contributed by atoms with Gasteiger partial charge in [0.25, 0.3) is 0 Å². The summed E-state index contributed by atoms with van der Waals surface area (Å²) in [4.78, 5) is 24.5. The standard InChI is InChI=1S/C12H24N2O.C8H16N2O/c1-5-8-14(9-6-2)11(7-3)10(4)12(13)15;1-4-5-10-8(11)6(2)7(3)9/h5-9H2,1-4H3,(H2,13,15);4-5,9H2,1-3H3,(H,10,11)/b11-10+;7-6-. The monoisotopic (exact) mass is 368 g/mol. The van der Waals surface area contributed by atoms with Gasteiger partial charge in [0.15, 0.2) is 0 Å². The Labute approximate surface area is 160 Å². The van der Waals surface area contributed by atoms with E-state index in [0.717, 1.165) is 44.5 Å². The fourth-order valence-electron chi connectivity index (χ4n) is 2.34. The fourth-order valence-corrected chi connectivity index (χ4v) is 2.34. The summed E-state index contributed by atoms with van der Waals surface area (Å²) in [5, 5.41) is 2.74. The molecule has 0 atom stereocenters. The summed E-state index contributed by atoms with van der Waals surface area (Å²) in [7, 11) is 0. The first-order valence-corrected chi connectivity index (χ1v) is 9.63. The first-order valence-electron chi connectivity index (χ1n) is 9.63. The Morgan fingerprint density at radius 3 is 1.65 bits per heavy atom. The maximum absolute atomic E-state index is 11.2. The average molecular weight is 369 g/mol. The number of nitrogens with two attached hydrogens (primary N) is 2. The van der Waals surface area contributed by atoms with Crippen LogP contribution in [-0.2, 0) is 9.59 Å². The molecular weight excluding hydrogens is 328 g/mol. The van der Waals surface area contributed by atoms with Gasteiger partial charge in [-0.3, -0.25) is 9.59 Å². The summed E-state index contributed by atoms with van der Waals surface area (Å²) in [6, 6.07) is 0. The Kier molecular flexibility index (Phi) is 15.4. The lowest BCUT2D eigenvalue weighted by Crippen LogP contribution is -2.28. The van der Waals surface area contributed by atoms with Crippen molar-refractivity contribution in [2.45, 2.75) is 74.1 Å². The van der Waals surface area contributed by atoms with Crippen molar-refractivity contribution < 1.29 is 9.59 Å². The van der Waals surface area contributed by atoms with Crippen molar-refractivity contribution in [2.75, 3.05) is 19.6 Å². The Morgan fingerprint density at radius 2 is 1.35 bits per heavy atom. The first-order chi connectivity index (χ1) is 12.2. The highest BCUT2D eigenvalue weighted by molar-refractivity contribution is 5.93. The van der Waals surface area contributed by atoms with Gasteiger partial charge < -0.3 is 21.7 Å². The molecule has 0 rings (SSSR count). The van der Waals surface area contributed by atoms with Crippen molar-refractivity contribution in [3.05, 3.63) is 22.5 Å². The summed E-state index contributed by atoms with van der Waals surface area (Å²) < 4.78 is 0. The van der Waals surface area contributed by atoms with E-state index in [0.29, 0.717) is 23.4 Å². The minimum Gasteiger partial charge on any atom is -0.402 e. The van der Waals surface area contributed by atoms with E-state index in [4.69, 9.17) is 11.5 Å². The normalized spacial score (nSPS) is 12.3. The van der Waals surface area contributed by atoms with E-state index >= 15 is 0 Å². The maximum atomic E-state index is 11.2. The van der Waals surface area contributed by atoms with Gasteiger partial charge in [-0.15, -0.1) is 0 Å². The molecule has 26 heavy (non-hydrogen) atoms. The molecule has 6 nitrogen and oxygen atoms in total. The van der Waals surface area contributed by atoms with Gasteiger partial charge >= 0.3 is 0 Å². The second kappa shape index (κ2) is 15.3. The van der Waals surface area contributed by atoms with Crippen LogP contribution in [0.4, 0.5) is 0 Å². The molecule has 0 saturated carbocycles. The summed E-state index contributed by atoms with van der Waals surface area (Å²) in [6.07, 6.45) is 4.00. The van der Waals surface area contributed by atoms with Crippen LogP contribution < -0.4 is 16.8 Å². The van der Waals surface area contributed by atoms with Gasteiger partial charge in [0.05, 0.1) is 0 Å². The molecule has 0 aliphatic carbocycles. The lowest BCUT2D eigenvalue weighted by molar-refractivity contribution is -0.117. The van der Waals surface area contributed by atoms with Gasteiger partial charge in [-0.25, -0.2) is 0 Å². The molecule has 0 aliphatic heterocycles. The smallest absolute Gasteiger partial charge is 0.248 e.